The fourth-order valence-electron chi connectivity index (χ4n) is 0. The first-order chi connectivity index (χ1) is 1.73. The Labute approximate surface area is 70.7 Å². The van der Waals surface area contributed by atoms with E-state index in [4.69, 9.17) is 0 Å². The van der Waals surface area contributed by atoms with Gasteiger partial charge < -0.3 is 5.71 Å². The summed E-state index contributed by atoms with van der Waals surface area (Å²) >= 11 is 4.64. The Morgan fingerprint density at radius 1 is 1.83 bits per heavy atom. The zero-order valence-corrected chi connectivity index (χ0v) is 5.77. The minimum atomic E-state index is -0.361. The van der Waals surface area contributed by atoms with Gasteiger partial charge in [0.05, 0.1) is 0 Å². The molecule has 0 rings (SSSR count). The molecule has 0 amide bonds. The van der Waals surface area contributed by atoms with E-state index in [-0.39, 0.29) is 47.2 Å². The molecular weight excluding hydrogens is 109 g/mol. The van der Waals surface area contributed by atoms with Crippen molar-refractivity contribution in [3.63, 3.8) is 0 Å². The summed E-state index contributed by atoms with van der Waals surface area (Å²) in [4.78, 5) is 9.21. The number of halogens is 1. The van der Waals surface area contributed by atoms with Crippen LogP contribution < -0.4 is 18.9 Å². The third kappa shape index (κ3) is 71.7. The molecule has 0 saturated heterocycles. The van der Waals surface area contributed by atoms with Crippen LogP contribution in [0, 0.1) is 0 Å². The van der Waals surface area contributed by atoms with E-state index in [1.165, 1.54) is 6.92 Å². The molecule has 6 heavy (non-hydrogen) atoms. The monoisotopic (exact) mass is 116 g/mol. The van der Waals surface area contributed by atoms with Crippen LogP contribution in [-0.4, -0.2) is 22.6 Å². The molecule has 0 heterocycles. The van der Waals surface area contributed by atoms with Crippen molar-refractivity contribution < 1.29 is 29.4 Å². The number of rotatable bonds is 0. The number of carbonyl (C=O) groups is 1. The molecule has 32 valence electrons. The van der Waals surface area contributed by atoms with Crippen molar-refractivity contribution in [3.8, 4) is 0 Å². The summed E-state index contributed by atoms with van der Waals surface area (Å²) in [7, 11) is 0. The molecule has 0 aliphatic heterocycles. The van der Waals surface area contributed by atoms with Gasteiger partial charge in [0.15, 0.2) is 0 Å². The summed E-state index contributed by atoms with van der Waals surface area (Å²) < 4.78 is 0. The molecule has 0 aromatic carbocycles. The van der Waals surface area contributed by atoms with Crippen LogP contribution in [0.5, 0.6) is 0 Å². The third-order valence-corrected chi connectivity index (χ3v) is 0. The van der Waals surface area contributed by atoms with Crippen molar-refractivity contribution in [1.82, 2.24) is 0 Å². The first-order valence-electron chi connectivity index (χ1n) is 0.893. The van der Waals surface area contributed by atoms with Crippen LogP contribution >= 0.6 is 11.6 Å². The molecule has 0 saturated carbocycles. The van der Waals surface area contributed by atoms with Crippen molar-refractivity contribution in [2.75, 3.05) is 0 Å². The summed E-state index contributed by atoms with van der Waals surface area (Å²) in [5.74, 6) is 0. The summed E-state index contributed by atoms with van der Waals surface area (Å²) in [6.07, 6.45) is 0. The molecule has 1 nitrogen and oxygen atoms in total. The van der Waals surface area contributed by atoms with E-state index >= 15 is 0 Å². The first-order valence-corrected chi connectivity index (χ1v) is 1.27. The van der Waals surface area contributed by atoms with Crippen molar-refractivity contribution >= 4 is 34.2 Å². The van der Waals surface area contributed by atoms with Gasteiger partial charge in [-0.1, -0.05) is 0 Å². The fourth-order valence-corrected chi connectivity index (χ4v) is 0. The van der Waals surface area contributed by atoms with E-state index in [0.717, 1.165) is 0 Å². The Hall–Kier alpha value is 1.09. The van der Waals surface area contributed by atoms with E-state index < -0.39 is 0 Å². The van der Waals surface area contributed by atoms with Crippen LogP contribution in [0.3, 0.4) is 0 Å². The van der Waals surface area contributed by atoms with Gasteiger partial charge in [0, 0.05) is 6.92 Å². The maximum absolute atomic E-state index is 9.21. The van der Waals surface area contributed by atoms with Crippen molar-refractivity contribution in [3.05, 3.63) is 0 Å². The third-order valence-electron chi connectivity index (χ3n) is 0. The molecular formula is C2H7AlClLiO. The minimum Gasteiger partial charge on any atom is -1.00 e. The number of hydrogen-bond donors (Lipinski definition) is 0. The zero-order valence-electron chi connectivity index (χ0n) is 7.86. The van der Waals surface area contributed by atoms with Crippen LogP contribution in [0.4, 0.5) is 0 Å². The molecule has 0 N–H and O–H groups in total. The van der Waals surface area contributed by atoms with Gasteiger partial charge in [-0.3, -0.25) is 4.79 Å². The molecule has 0 aliphatic carbocycles. The quantitative estimate of drug-likeness (QED) is 0.260. The van der Waals surface area contributed by atoms with Gasteiger partial charge in [-0.2, -0.15) is 0 Å². The molecule has 0 unspecified atom stereocenters. The molecule has 0 bridgehead atoms. The van der Waals surface area contributed by atoms with Crippen LogP contribution in [0.2, 0.25) is 0 Å². The van der Waals surface area contributed by atoms with Gasteiger partial charge in [-0.05, 0) is 11.6 Å². The molecule has 0 radical (unpaired) electrons. The Bertz CT molecular complexity index is 46.2. The Morgan fingerprint density at radius 2 is 1.83 bits per heavy atom. The molecule has 0 spiro atoms. The number of hydrogen-bond acceptors (Lipinski definition) is 1. The van der Waals surface area contributed by atoms with Gasteiger partial charge >= 0.3 is 36.2 Å². The van der Waals surface area contributed by atoms with Gasteiger partial charge in [-0.15, -0.1) is 0 Å². The molecule has 0 fully saturated rings. The maximum atomic E-state index is 9.21. The van der Waals surface area contributed by atoms with Crippen molar-refractivity contribution in [1.29, 1.82) is 0 Å². The van der Waals surface area contributed by atoms with E-state index in [0.29, 0.717) is 0 Å². The smallest absolute Gasteiger partial charge is 1.00 e. The average Bonchev–Trinajstić information content (AvgIpc) is 0.811. The Balaban J connectivity index is -0.00000000300. The SMILES string of the molecule is CC(=O)Cl.[Al+3].[H-].[H-].[H-].[H-].[Li+]. The average molecular weight is 116 g/mol. The normalized spacial score (nSPS) is 4.33. The van der Waals surface area contributed by atoms with Gasteiger partial charge in [0.25, 0.3) is 0 Å². The van der Waals surface area contributed by atoms with Crippen LogP contribution in [0.1, 0.15) is 12.6 Å². The second kappa shape index (κ2) is 9.43. The van der Waals surface area contributed by atoms with E-state index in [2.05, 4.69) is 11.6 Å². The van der Waals surface area contributed by atoms with Crippen molar-refractivity contribution in [2.24, 2.45) is 0 Å². The Kier molecular flexibility index (Phi) is 24.7. The molecule has 0 atom stereocenters. The zero-order chi connectivity index (χ0) is 3.58. The van der Waals surface area contributed by atoms with E-state index in [1.54, 1.807) is 0 Å². The van der Waals surface area contributed by atoms with Crippen LogP contribution in [0.15, 0.2) is 0 Å². The Morgan fingerprint density at radius 3 is 1.83 bits per heavy atom. The largest absolute Gasteiger partial charge is 3.00 e. The van der Waals surface area contributed by atoms with Gasteiger partial charge in [0.2, 0.25) is 5.24 Å². The molecule has 0 aromatic heterocycles. The molecule has 4 heteroatoms. The maximum Gasteiger partial charge on any atom is 3.00 e. The van der Waals surface area contributed by atoms with Crippen LogP contribution in [0.25, 0.3) is 0 Å². The van der Waals surface area contributed by atoms with E-state index in [9.17, 15) is 4.79 Å². The molecule has 0 aliphatic rings. The second-order valence-electron chi connectivity index (χ2n) is 0.470. The summed E-state index contributed by atoms with van der Waals surface area (Å²) in [6, 6.07) is 0. The van der Waals surface area contributed by atoms with Crippen molar-refractivity contribution in [2.45, 2.75) is 6.92 Å². The number of carbonyl (C=O) groups excluding carboxylic acids is 1. The van der Waals surface area contributed by atoms with Gasteiger partial charge in [0.1, 0.15) is 0 Å². The molecule has 0 aromatic rings. The first kappa shape index (κ1) is 15.7. The summed E-state index contributed by atoms with van der Waals surface area (Å²) in [5.41, 5.74) is 0. The standard InChI is InChI=1S/C2H3ClO.Al.Li.4H/c1-2(3)4;;;;;;/h1H3;;;;;;/q;+3;+1;4*-1. The summed E-state index contributed by atoms with van der Waals surface area (Å²) in [5, 5.41) is -0.361. The fraction of sp³-hybridized carbons (Fsp3) is 0.500. The van der Waals surface area contributed by atoms with Gasteiger partial charge in [-0.25, -0.2) is 0 Å². The van der Waals surface area contributed by atoms with Crippen LogP contribution in [-0.2, 0) is 4.79 Å². The minimum absolute atomic E-state index is 0. The topological polar surface area (TPSA) is 17.1 Å². The summed E-state index contributed by atoms with van der Waals surface area (Å²) in [6.45, 7) is 1.29. The van der Waals surface area contributed by atoms with E-state index in [1.807, 2.05) is 0 Å². The predicted molar refractivity (Wildman–Crippen MR) is 26.7 cm³/mol. The second-order valence-corrected chi connectivity index (χ2v) is 1.00. The predicted octanol–water partition coefficient (Wildman–Crippen LogP) is -2.16.